The fourth-order valence-corrected chi connectivity index (χ4v) is 1.80. The summed E-state index contributed by atoms with van der Waals surface area (Å²) in [5.74, 6) is 0.713. The van der Waals surface area contributed by atoms with Crippen LogP contribution in [0.15, 0.2) is 18.3 Å². The van der Waals surface area contributed by atoms with Crippen LogP contribution in [0.25, 0.3) is 0 Å². The van der Waals surface area contributed by atoms with Crippen molar-refractivity contribution >= 4 is 5.69 Å². The van der Waals surface area contributed by atoms with Gasteiger partial charge in [0.15, 0.2) is 0 Å². The summed E-state index contributed by atoms with van der Waals surface area (Å²) in [5.41, 5.74) is 1.01. The predicted octanol–water partition coefficient (Wildman–Crippen LogP) is 3.86. The fourth-order valence-electron chi connectivity index (χ4n) is 1.80. The highest BCUT2D eigenvalue weighted by Crippen LogP contribution is 2.23. The first-order chi connectivity index (χ1) is 8.31. The quantitative estimate of drug-likeness (QED) is 0.744. The van der Waals surface area contributed by atoms with Gasteiger partial charge in [-0.05, 0) is 31.9 Å². The summed E-state index contributed by atoms with van der Waals surface area (Å²) < 4.78 is 5.51. The number of aromatic nitrogens is 1. The lowest BCUT2D eigenvalue weighted by molar-refractivity contribution is 0.328. The summed E-state index contributed by atoms with van der Waals surface area (Å²) in [6, 6.07) is 4.49. The maximum atomic E-state index is 5.51. The molecule has 0 radical (unpaired) electrons. The second-order valence-corrected chi connectivity index (χ2v) is 4.18. The molecule has 0 aromatic carbocycles. The Labute approximate surface area is 105 Å². The van der Waals surface area contributed by atoms with Crippen LogP contribution in [0.3, 0.4) is 0 Å². The van der Waals surface area contributed by atoms with Crippen molar-refractivity contribution < 1.29 is 4.74 Å². The molecule has 1 aromatic rings. The van der Waals surface area contributed by atoms with Gasteiger partial charge in [0.05, 0.1) is 12.3 Å². The minimum Gasteiger partial charge on any atom is -0.476 e. The summed E-state index contributed by atoms with van der Waals surface area (Å²) in [4.78, 5) is 4.25. The predicted molar refractivity (Wildman–Crippen MR) is 72.6 cm³/mol. The van der Waals surface area contributed by atoms with E-state index in [1.54, 1.807) is 6.20 Å². The number of pyridine rings is 1. The first kappa shape index (κ1) is 13.8. The molecular weight excluding hydrogens is 212 g/mol. The van der Waals surface area contributed by atoms with E-state index in [4.69, 9.17) is 4.74 Å². The highest BCUT2D eigenvalue weighted by molar-refractivity contribution is 5.52. The Morgan fingerprint density at radius 1 is 1.35 bits per heavy atom. The molecule has 0 amide bonds. The van der Waals surface area contributed by atoms with Crippen molar-refractivity contribution in [2.24, 2.45) is 0 Å². The van der Waals surface area contributed by atoms with Gasteiger partial charge in [0.2, 0.25) is 5.88 Å². The molecule has 0 bridgehead atoms. The van der Waals surface area contributed by atoms with Crippen LogP contribution in [0.5, 0.6) is 5.88 Å². The molecule has 0 spiro atoms. The van der Waals surface area contributed by atoms with Gasteiger partial charge < -0.3 is 10.1 Å². The van der Waals surface area contributed by atoms with Crippen LogP contribution in [0, 0.1) is 0 Å². The second kappa shape index (κ2) is 7.93. The van der Waals surface area contributed by atoms with E-state index in [0.29, 0.717) is 18.5 Å². The van der Waals surface area contributed by atoms with Gasteiger partial charge in [-0.3, -0.25) is 0 Å². The zero-order chi connectivity index (χ0) is 12.5. The lowest BCUT2D eigenvalue weighted by atomic mass is 10.1. The van der Waals surface area contributed by atoms with Crippen LogP contribution in [0.1, 0.15) is 46.5 Å². The SMILES string of the molecule is CCCCC(CC)Nc1cccnc1OCC. The second-order valence-electron chi connectivity index (χ2n) is 4.18. The van der Waals surface area contributed by atoms with Gasteiger partial charge in [0.25, 0.3) is 0 Å². The van der Waals surface area contributed by atoms with E-state index < -0.39 is 0 Å². The van der Waals surface area contributed by atoms with Gasteiger partial charge in [-0.15, -0.1) is 0 Å². The number of anilines is 1. The summed E-state index contributed by atoms with van der Waals surface area (Å²) in [7, 11) is 0. The molecule has 1 atom stereocenters. The number of ether oxygens (including phenoxy) is 1. The summed E-state index contributed by atoms with van der Waals surface area (Å²) in [5, 5.41) is 3.53. The maximum absolute atomic E-state index is 5.51. The normalized spacial score (nSPS) is 12.2. The molecule has 0 fully saturated rings. The van der Waals surface area contributed by atoms with Crippen molar-refractivity contribution in [3.05, 3.63) is 18.3 Å². The van der Waals surface area contributed by atoms with Crippen molar-refractivity contribution in [3.8, 4) is 5.88 Å². The van der Waals surface area contributed by atoms with Crippen LogP contribution in [0.2, 0.25) is 0 Å². The topological polar surface area (TPSA) is 34.2 Å². The standard InChI is InChI=1S/C14H24N2O/c1-4-7-9-12(5-2)16-13-10-8-11-15-14(13)17-6-3/h8,10-12,16H,4-7,9H2,1-3H3. The van der Waals surface area contributed by atoms with E-state index in [9.17, 15) is 0 Å². The maximum Gasteiger partial charge on any atom is 0.237 e. The molecule has 1 unspecified atom stereocenters. The minimum atomic E-state index is 0.512. The third-order valence-electron chi connectivity index (χ3n) is 2.81. The molecule has 17 heavy (non-hydrogen) atoms. The molecule has 3 nitrogen and oxygen atoms in total. The first-order valence-corrected chi connectivity index (χ1v) is 6.66. The van der Waals surface area contributed by atoms with E-state index in [-0.39, 0.29) is 0 Å². The summed E-state index contributed by atoms with van der Waals surface area (Å²) in [6.07, 6.45) is 6.59. The number of hydrogen-bond acceptors (Lipinski definition) is 3. The number of rotatable bonds is 8. The Balaban J connectivity index is 2.64. The zero-order valence-electron chi connectivity index (χ0n) is 11.2. The lowest BCUT2D eigenvalue weighted by Gasteiger charge is -2.19. The molecule has 1 rings (SSSR count). The number of unbranched alkanes of at least 4 members (excludes halogenated alkanes) is 1. The van der Waals surface area contributed by atoms with Gasteiger partial charge in [0, 0.05) is 12.2 Å². The van der Waals surface area contributed by atoms with Gasteiger partial charge in [-0.1, -0.05) is 26.7 Å². The molecule has 96 valence electrons. The highest BCUT2D eigenvalue weighted by atomic mass is 16.5. The molecule has 1 aromatic heterocycles. The van der Waals surface area contributed by atoms with Gasteiger partial charge in [-0.2, -0.15) is 0 Å². The Kier molecular flexibility index (Phi) is 6.45. The molecule has 1 N–H and O–H groups in total. The first-order valence-electron chi connectivity index (χ1n) is 6.66. The number of hydrogen-bond donors (Lipinski definition) is 1. The van der Waals surface area contributed by atoms with E-state index >= 15 is 0 Å². The lowest BCUT2D eigenvalue weighted by Crippen LogP contribution is -2.19. The van der Waals surface area contributed by atoms with Crippen molar-refractivity contribution in [3.63, 3.8) is 0 Å². The Morgan fingerprint density at radius 3 is 2.82 bits per heavy atom. The van der Waals surface area contributed by atoms with E-state index in [0.717, 1.165) is 12.1 Å². The van der Waals surface area contributed by atoms with Crippen LogP contribution < -0.4 is 10.1 Å². The molecular formula is C14H24N2O. The Hall–Kier alpha value is -1.25. The van der Waals surface area contributed by atoms with Crippen LogP contribution in [0.4, 0.5) is 5.69 Å². The smallest absolute Gasteiger partial charge is 0.237 e. The summed E-state index contributed by atoms with van der Waals surface area (Å²) >= 11 is 0. The Bertz CT molecular complexity index is 315. The van der Waals surface area contributed by atoms with Crippen molar-refractivity contribution in [1.82, 2.24) is 4.98 Å². The molecule has 3 heteroatoms. The van der Waals surface area contributed by atoms with Crippen LogP contribution >= 0.6 is 0 Å². The number of nitrogens with zero attached hydrogens (tertiary/aromatic N) is 1. The van der Waals surface area contributed by atoms with Gasteiger partial charge in [0.1, 0.15) is 0 Å². The van der Waals surface area contributed by atoms with E-state index in [2.05, 4.69) is 24.1 Å². The van der Waals surface area contributed by atoms with E-state index in [1.165, 1.54) is 19.3 Å². The monoisotopic (exact) mass is 236 g/mol. The van der Waals surface area contributed by atoms with Crippen LogP contribution in [-0.4, -0.2) is 17.6 Å². The molecule has 0 saturated carbocycles. The molecule has 0 aliphatic carbocycles. The van der Waals surface area contributed by atoms with Crippen LogP contribution in [-0.2, 0) is 0 Å². The minimum absolute atomic E-state index is 0.512. The summed E-state index contributed by atoms with van der Waals surface area (Å²) in [6.45, 7) is 7.07. The van der Waals surface area contributed by atoms with Gasteiger partial charge >= 0.3 is 0 Å². The van der Waals surface area contributed by atoms with E-state index in [1.807, 2.05) is 19.1 Å². The van der Waals surface area contributed by atoms with Gasteiger partial charge in [-0.25, -0.2) is 4.98 Å². The number of nitrogens with one attached hydrogen (secondary N) is 1. The molecule has 0 aliphatic heterocycles. The third-order valence-corrected chi connectivity index (χ3v) is 2.81. The fraction of sp³-hybridized carbons (Fsp3) is 0.643. The molecule has 0 aliphatic rings. The zero-order valence-corrected chi connectivity index (χ0v) is 11.2. The molecule has 0 saturated heterocycles. The Morgan fingerprint density at radius 2 is 2.18 bits per heavy atom. The third kappa shape index (κ3) is 4.63. The largest absolute Gasteiger partial charge is 0.476 e. The molecule has 1 heterocycles. The van der Waals surface area contributed by atoms with Crippen molar-refractivity contribution in [2.75, 3.05) is 11.9 Å². The van der Waals surface area contributed by atoms with Crippen molar-refractivity contribution in [1.29, 1.82) is 0 Å². The average Bonchev–Trinajstić information content (AvgIpc) is 2.36. The van der Waals surface area contributed by atoms with Crippen molar-refractivity contribution in [2.45, 2.75) is 52.5 Å². The average molecular weight is 236 g/mol. The highest BCUT2D eigenvalue weighted by Gasteiger charge is 2.09.